The van der Waals surface area contributed by atoms with Crippen molar-refractivity contribution in [1.29, 1.82) is 0 Å². The maximum atomic E-state index is 12.3. The topological polar surface area (TPSA) is 45.8 Å². The van der Waals surface area contributed by atoms with Crippen molar-refractivity contribution in [3.8, 4) is 11.4 Å². The summed E-state index contributed by atoms with van der Waals surface area (Å²) in [6, 6.07) is 10.9. The first-order valence-corrected chi connectivity index (χ1v) is 8.83. The predicted molar refractivity (Wildman–Crippen MR) is 100 cm³/mol. The van der Waals surface area contributed by atoms with Crippen LogP contribution in [-0.2, 0) is 0 Å². The van der Waals surface area contributed by atoms with Gasteiger partial charge < -0.3 is 4.98 Å². The molecule has 1 heterocycles. The Morgan fingerprint density at radius 2 is 1.88 bits per heavy atom. The molecule has 3 nitrogen and oxygen atoms in total. The molecule has 0 aliphatic rings. The quantitative estimate of drug-likeness (QED) is 0.414. The van der Waals surface area contributed by atoms with E-state index < -0.39 is 0 Å². The second kappa shape index (κ2) is 7.37. The molecule has 0 saturated carbocycles. The van der Waals surface area contributed by atoms with Crippen molar-refractivity contribution in [2.75, 3.05) is 0 Å². The van der Waals surface area contributed by atoms with Crippen LogP contribution in [0.5, 0.6) is 0 Å². The lowest BCUT2D eigenvalue weighted by Crippen LogP contribution is -1.98. The highest BCUT2D eigenvalue weighted by Gasteiger charge is 2.14. The number of carbonyl (C=O) groups is 1. The molecule has 1 aromatic heterocycles. The van der Waals surface area contributed by atoms with Crippen LogP contribution in [0.3, 0.4) is 0 Å². The lowest BCUT2D eigenvalue weighted by Gasteiger charge is -2.02. The molecule has 0 amide bonds. The Morgan fingerprint density at radius 1 is 1.12 bits per heavy atom. The first-order valence-electron chi connectivity index (χ1n) is 8.07. The summed E-state index contributed by atoms with van der Waals surface area (Å²) in [4.78, 5) is 20.0. The molecule has 0 radical (unpaired) electrons. The maximum Gasteiger partial charge on any atom is 0.162 e. The average molecular weight is 361 g/mol. The van der Waals surface area contributed by atoms with Crippen LogP contribution >= 0.6 is 23.2 Å². The second-order valence-electron chi connectivity index (χ2n) is 5.79. The van der Waals surface area contributed by atoms with Gasteiger partial charge in [-0.05, 0) is 36.8 Å². The Balaban J connectivity index is 1.93. The number of fused-ring (bicyclic) bond motifs is 1. The second-order valence-corrected chi connectivity index (χ2v) is 6.61. The van der Waals surface area contributed by atoms with Gasteiger partial charge in [-0.2, -0.15) is 0 Å². The number of unbranched alkanes of at least 4 members (excludes halogenated alkanes) is 2. The van der Waals surface area contributed by atoms with Crippen molar-refractivity contribution in [2.45, 2.75) is 32.6 Å². The summed E-state index contributed by atoms with van der Waals surface area (Å²) in [5.74, 6) is 0.772. The summed E-state index contributed by atoms with van der Waals surface area (Å²) < 4.78 is 0. The van der Waals surface area contributed by atoms with Gasteiger partial charge in [0.05, 0.1) is 26.6 Å². The third kappa shape index (κ3) is 3.47. The summed E-state index contributed by atoms with van der Waals surface area (Å²) in [6.45, 7) is 2.13. The molecule has 0 fully saturated rings. The summed E-state index contributed by atoms with van der Waals surface area (Å²) in [5, 5.41) is 1.08. The maximum absolute atomic E-state index is 12.3. The van der Waals surface area contributed by atoms with E-state index in [1.54, 1.807) is 18.2 Å². The van der Waals surface area contributed by atoms with Crippen molar-refractivity contribution in [3.63, 3.8) is 0 Å². The Hall–Kier alpha value is -1.84. The number of ketones is 1. The Bertz CT molecular complexity index is 866. The number of hydrogen-bond acceptors (Lipinski definition) is 2. The number of aromatic amines is 1. The number of hydrogen-bond donors (Lipinski definition) is 1. The van der Waals surface area contributed by atoms with Crippen molar-refractivity contribution < 1.29 is 4.79 Å². The van der Waals surface area contributed by atoms with E-state index in [1.165, 1.54) is 0 Å². The van der Waals surface area contributed by atoms with Gasteiger partial charge in [0.2, 0.25) is 0 Å². The minimum absolute atomic E-state index is 0.164. The molecule has 0 saturated heterocycles. The normalized spacial score (nSPS) is 11.1. The third-order valence-electron chi connectivity index (χ3n) is 4.01. The van der Waals surface area contributed by atoms with E-state index in [4.69, 9.17) is 23.2 Å². The molecule has 0 unspecified atom stereocenters. The number of rotatable bonds is 6. The zero-order chi connectivity index (χ0) is 17.1. The van der Waals surface area contributed by atoms with Gasteiger partial charge in [-0.3, -0.25) is 4.79 Å². The van der Waals surface area contributed by atoms with Gasteiger partial charge in [-0.15, -0.1) is 0 Å². The van der Waals surface area contributed by atoms with Gasteiger partial charge in [0.25, 0.3) is 0 Å². The Labute approximate surface area is 151 Å². The van der Waals surface area contributed by atoms with Crippen molar-refractivity contribution >= 4 is 40.0 Å². The molecule has 24 heavy (non-hydrogen) atoms. The number of imidazole rings is 1. The van der Waals surface area contributed by atoms with Gasteiger partial charge in [0.15, 0.2) is 5.78 Å². The number of benzene rings is 2. The van der Waals surface area contributed by atoms with E-state index in [9.17, 15) is 4.79 Å². The van der Waals surface area contributed by atoms with E-state index in [0.717, 1.165) is 30.3 Å². The van der Waals surface area contributed by atoms with Crippen molar-refractivity contribution in [2.24, 2.45) is 0 Å². The number of nitrogens with one attached hydrogen (secondary N) is 1. The van der Waals surface area contributed by atoms with Crippen LogP contribution in [0.2, 0.25) is 10.0 Å². The van der Waals surface area contributed by atoms with E-state index in [0.29, 0.717) is 33.4 Å². The molecule has 0 spiro atoms. The molecular weight excluding hydrogens is 343 g/mol. The number of halogens is 2. The lowest BCUT2D eigenvalue weighted by atomic mass is 10.0. The van der Waals surface area contributed by atoms with E-state index in [2.05, 4.69) is 16.9 Å². The minimum atomic E-state index is 0.164. The van der Waals surface area contributed by atoms with Gasteiger partial charge in [0, 0.05) is 12.0 Å². The summed E-state index contributed by atoms with van der Waals surface area (Å²) in [7, 11) is 0. The van der Waals surface area contributed by atoms with E-state index in [1.807, 2.05) is 18.2 Å². The first kappa shape index (κ1) is 17.0. The highest BCUT2D eigenvalue weighted by atomic mass is 35.5. The van der Waals surface area contributed by atoms with E-state index in [-0.39, 0.29) is 5.78 Å². The smallest absolute Gasteiger partial charge is 0.162 e. The third-order valence-corrected chi connectivity index (χ3v) is 4.64. The van der Waals surface area contributed by atoms with Gasteiger partial charge in [0.1, 0.15) is 5.82 Å². The number of nitrogens with zero attached hydrogens (tertiary/aromatic N) is 1. The number of carbonyl (C=O) groups excluding carboxylic acids is 1. The molecule has 3 rings (SSSR count). The molecule has 2 aromatic carbocycles. The minimum Gasteiger partial charge on any atom is -0.338 e. The number of H-pyrrole nitrogens is 1. The number of aromatic nitrogens is 2. The zero-order valence-electron chi connectivity index (χ0n) is 13.4. The van der Waals surface area contributed by atoms with Crippen LogP contribution < -0.4 is 0 Å². The number of Topliss-reactive ketones (excluding diaryl/α,β-unsaturated/α-hetero) is 1. The molecule has 0 bridgehead atoms. The van der Waals surface area contributed by atoms with Crippen LogP contribution in [0.15, 0.2) is 36.4 Å². The van der Waals surface area contributed by atoms with Crippen LogP contribution in [0.4, 0.5) is 0 Å². The highest BCUT2D eigenvalue weighted by Crippen LogP contribution is 2.33. The molecule has 5 heteroatoms. The Morgan fingerprint density at radius 3 is 2.58 bits per heavy atom. The van der Waals surface area contributed by atoms with Crippen LogP contribution in [-0.4, -0.2) is 15.8 Å². The van der Waals surface area contributed by atoms with Crippen molar-refractivity contribution in [1.82, 2.24) is 9.97 Å². The zero-order valence-corrected chi connectivity index (χ0v) is 14.9. The molecular formula is C19H18Cl2N2O. The largest absolute Gasteiger partial charge is 0.338 e. The Kier molecular flexibility index (Phi) is 5.22. The highest BCUT2D eigenvalue weighted by molar-refractivity contribution is 6.39. The summed E-state index contributed by atoms with van der Waals surface area (Å²) in [5.41, 5.74) is 2.97. The molecule has 3 aromatic rings. The first-order chi connectivity index (χ1) is 11.6. The van der Waals surface area contributed by atoms with Gasteiger partial charge in [-0.1, -0.05) is 49.0 Å². The fraction of sp³-hybridized carbons (Fsp3) is 0.263. The van der Waals surface area contributed by atoms with Gasteiger partial charge in [-0.25, -0.2) is 4.98 Å². The van der Waals surface area contributed by atoms with Crippen LogP contribution in [0.1, 0.15) is 43.0 Å². The summed E-state index contributed by atoms with van der Waals surface area (Å²) >= 11 is 12.5. The standard InChI is InChI=1S/C19H18Cl2N2O/c1-2-3-4-8-17(24)12-9-10-15-16(11-12)23-19(22-15)18-13(20)6-5-7-14(18)21/h5-7,9-11H,2-4,8H2,1H3,(H,22,23). The SMILES string of the molecule is CCCCCC(=O)c1ccc2nc(-c3c(Cl)cccc3Cl)[nH]c2c1. The molecule has 0 aliphatic heterocycles. The van der Waals surface area contributed by atoms with E-state index >= 15 is 0 Å². The molecule has 1 N–H and O–H groups in total. The van der Waals surface area contributed by atoms with Gasteiger partial charge >= 0.3 is 0 Å². The average Bonchev–Trinajstić information content (AvgIpc) is 2.97. The predicted octanol–water partition coefficient (Wildman–Crippen LogP) is 6.30. The summed E-state index contributed by atoms with van der Waals surface area (Å²) in [6.07, 6.45) is 3.69. The van der Waals surface area contributed by atoms with Crippen LogP contribution in [0, 0.1) is 0 Å². The molecule has 0 atom stereocenters. The monoisotopic (exact) mass is 360 g/mol. The molecule has 124 valence electrons. The fourth-order valence-corrected chi connectivity index (χ4v) is 3.28. The van der Waals surface area contributed by atoms with Crippen LogP contribution in [0.25, 0.3) is 22.4 Å². The fourth-order valence-electron chi connectivity index (χ4n) is 2.71. The molecule has 0 aliphatic carbocycles. The lowest BCUT2D eigenvalue weighted by molar-refractivity contribution is 0.0979. The van der Waals surface area contributed by atoms with Crippen molar-refractivity contribution in [3.05, 3.63) is 52.0 Å².